The third-order valence-corrected chi connectivity index (χ3v) is 3.64. The number of carboxylic acids is 1. The number of hydrogen-bond acceptors (Lipinski definition) is 4. The number of rotatable bonds is 13. The largest absolute Gasteiger partial charge is 0.479 e. The van der Waals surface area contributed by atoms with E-state index in [0.29, 0.717) is 6.42 Å². The Labute approximate surface area is 121 Å². The van der Waals surface area contributed by atoms with Gasteiger partial charge in [-0.3, -0.25) is 4.79 Å². The van der Waals surface area contributed by atoms with Gasteiger partial charge in [0.05, 0.1) is 6.61 Å². The van der Waals surface area contributed by atoms with Crippen molar-refractivity contribution in [1.82, 2.24) is 0 Å². The summed E-state index contributed by atoms with van der Waals surface area (Å²) in [6.45, 7) is 1.34. The van der Waals surface area contributed by atoms with Gasteiger partial charge in [0, 0.05) is 6.42 Å². The molecule has 5 nitrogen and oxygen atoms in total. The Kier molecular flexibility index (Phi) is 10.3. The van der Waals surface area contributed by atoms with E-state index in [4.69, 9.17) is 15.9 Å². The summed E-state index contributed by atoms with van der Waals surface area (Å²) in [7, 11) is 0. The van der Waals surface area contributed by atoms with Crippen molar-refractivity contribution >= 4 is 11.8 Å². The van der Waals surface area contributed by atoms with Crippen molar-refractivity contribution in [3.05, 3.63) is 0 Å². The zero-order chi connectivity index (χ0) is 15.4. The van der Waals surface area contributed by atoms with E-state index in [1.165, 1.54) is 32.1 Å². The quantitative estimate of drug-likeness (QED) is 0.356. The predicted octanol–water partition coefficient (Wildman–Crippen LogP) is 2.25. The van der Waals surface area contributed by atoms with Gasteiger partial charge in [-0.25, -0.2) is 4.79 Å². The van der Waals surface area contributed by atoms with Crippen LogP contribution in [-0.2, 0) is 9.59 Å². The number of aliphatic hydroxyl groups excluding tert-OH is 1. The Bertz CT molecular complexity index is 294. The standard InChI is InChI=1S/C15H29NO4/c1-2-3-4-5-6-7-8-9-10-11-13(18)15(16,12-17)14(19)20/h17H,2-12,16H2,1H3,(H,19,20). The Morgan fingerprint density at radius 1 is 0.950 bits per heavy atom. The van der Waals surface area contributed by atoms with Gasteiger partial charge in [0.25, 0.3) is 0 Å². The summed E-state index contributed by atoms with van der Waals surface area (Å²) in [5.41, 5.74) is 3.27. The maximum absolute atomic E-state index is 11.7. The Morgan fingerprint density at radius 2 is 1.40 bits per heavy atom. The summed E-state index contributed by atoms with van der Waals surface area (Å²) in [4.78, 5) is 22.5. The second kappa shape index (κ2) is 10.8. The van der Waals surface area contributed by atoms with Crippen molar-refractivity contribution in [1.29, 1.82) is 0 Å². The molecule has 0 aromatic rings. The van der Waals surface area contributed by atoms with Crippen LogP contribution in [0, 0.1) is 0 Å². The van der Waals surface area contributed by atoms with Crippen molar-refractivity contribution in [2.75, 3.05) is 6.61 Å². The van der Waals surface area contributed by atoms with Crippen LogP contribution in [0.4, 0.5) is 0 Å². The van der Waals surface area contributed by atoms with Gasteiger partial charge in [0.1, 0.15) is 0 Å². The number of unbranched alkanes of at least 4 members (excludes halogenated alkanes) is 8. The topological polar surface area (TPSA) is 101 Å². The molecule has 0 spiro atoms. The highest BCUT2D eigenvalue weighted by atomic mass is 16.4. The fraction of sp³-hybridized carbons (Fsp3) is 0.867. The molecule has 0 aromatic heterocycles. The van der Waals surface area contributed by atoms with Gasteiger partial charge < -0.3 is 15.9 Å². The summed E-state index contributed by atoms with van der Waals surface area (Å²) in [6, 6.07) is 0. The van der Waals surface area contributed by atoms with Crippen LogP contribution >= 0.6 is 0 Å². The minimum absolute atomic E-state index is 0.124. The van der Waals surface area contributed by atoms with Crippen molar-refractivity contribution in [3.63, 3.8) is 0 Å². The number of ketones is 1. The lowest BCUT2D eigenvalue weighted by Gasteiger charge is -2.20. The zero-order valence-electron chi connectivity index (χ0n) is 12.6. The van der Waals surface area contributed by atoms with Crippen LogP contribution in [0.3, 0.4) is 0 Å². The molecule has 1 atom stereocenters. The molecule has 5 heteroatoms. The average Bonchev–Trinajstić information content (AvgIpc) is 2.44. The predicted molar refractivity (Wildman–Crippen MR) is 78.5 cm³/mol. The first-order valence-corrected chi connectivity index (χ1v) is 7.65. The number of hydrogen-bond donors (Lipinski definition) is 3. The average molecular weight is 287 g/mol. The first-order chi connectivity index (χ1) is 9.49. The molecule has 0 aliphatic carbocycles. The molecule has 4 N–H and O–H groups in total. The maximum Gasteiger partial charge on any atom is 0.333 e. The summed E-state index contributed by atoms with van der Waals surface area (Å²) >= 11 is 0. The number of nitrogens with two attached hydrogens (primary N) is 1. The fourth-order valence-corrected chi connectivity index (χ4v) is 2.09. The van der Waals surface area contributed by atoms with Crippen molar-refractivity contribution < 1.29 is 19.8 Å². The Morgan fingerprint density at radius 3 is 1.80 bits per heavy atom. The third-order valence-electron chi connectivity index (χ3n) is 3.64. The molecule has 0 aromatic carbocycles. The first kappa shape index (κ1) is 19.1. The maximum atomic E-state index is 11.7. The molecule has 0 fully saturated rings. The van der Waals surface area contributed by atoms with E-state index < -0.39 is 23.9 Å². The van der Waals surface area contributed by atoms with Gasteiger partial charge >= 0.3 is 5.97 Å². The first-order valence-electron chi connectivity index (χ1n) is 7.65. The van der Waals surface area contributed by atoms with Crippen LogP contribution in [0.5, 0.6) is 0 Å². The number of Topliss-reactive ketones (excluding diaryl/α,β-unsaturated/α-hetero) is 1. The molecule has 0 heterocycles. The Hall–Kier alpha value is -0.940. The molecule has 0 radical (unpaired) electrons. The number of carbonyl (C=O) groups is 2. The van der Waals surface area contributed by atoms with E-state index >= 15 is 0 Å². The van der Waals surface area contributed by atoms with Crippen LogP contribution < -0.4 is 5.73 Å². The van der Waals surface area contributed by atoms with E-state index in [9.17, 15) is 9.59 Å². The molecule has 0 aliphatic heterocycles. The van der Waals surface area contributed by atoms with E-state index in [0.717, 1.165) is 19.3 Å². The molecule has 20 heavy (non-hydrogen) atoms. The zero-order valence-corrected chi connectivity index (χ0v) is 12.6. The van der Waals surface area contributed by atoms with E-state index in [-0.39, 0.29) is 6.42 Å². The smallest absolute Gasteiger partial charge is 0.333 e. The lowest BCUT2D eigenvalue weighted by atomic mass is 9.92. The van der Waals surface area contributed by atoms with Gasteiger partial charge in [0.2, 0.25) is 0 Å². The summed E-state index contributed by atoms with van der Waals surface area (Å²) in [5.74, 6) is -2.05. The number of carboxylic acid groups (broad SMARTS) is 1. The second-order valence-electron chi connectivity index (χ2n) is 5.44. The SMILES string of the molecule is CCCCCCCCCCCC(=O)C(N)(CO)C(=O)O. The summed E-state index contributed by atoms with van der Waals surface area (Å²) in [6.07, 6.45) is 10.2. The minimum Gasteiger partial charge on any atom is -0.479 e. The van der Waals surface area contributed by atoms with Gasteiger partial charge in [-0.15, -0.1) is 0 Å². The van der Waals surface area contributed by atoms with Crippen LogP contribution in [0.2, 0.25) is 0 Å². The highest BCUT2D eigenvalue weighted by Crippen LogP contribution is 2.13. The van der Waals surface area contributed by atoms with Crippen LogP contribution in [0.25, 0.3) is 0 Å². The molecule has 0 saturated heterocycles. The van der Waals surface area contributed by atoms with E-state index in [1.54, 1.807) is 0 Å². The number of aliphatic carboxylic acids is 1. The van der Waals surface area contributed by atoms with Gasteiger partial charge in [-0.2, -0.15) is 0 Å². The summed E-state index contributed by atoms with van der Waals surface area (Å²) in [5, 5.41) is 17.8. The lowest BCUT2D eigenvalue weighted by Crippen LogP contribution is -2.57. The molecule has 1 unspecified atom stereocenters. The normalized spacial score (nSPS) is 13.9. The molecule has 0 bridgehead atoms. The second-order valence-corrected chi connectivity index (χ2v) is 5.44. The van der Waals surface area contributed by atoms with Gasteiger partial charge in [-0.05, 0) is 6.42 Å². The number of aliphatic hydroxyl groups is 1. The molecule has 0 amide bonds. The van der Waals surface area contributed by atoms with Crippen LogP contribution in [0.15, 0.2) is 0 Å². The molecule has 0 rings (SSSR count). The monoisotopic (exact) mass is 287 g/mol. The minimum atomic E-state index is -2.12. The number of carbonyl (C=O) groups excluding carboxylic acids is 1. The van der Waals surface area contributed by atoms with Crippen LogP contribution in [-0.4, -0.2) is 34.1 Å². The lowest BCUT2D eigenvalue weighted by molar-refractivity contribution is -0.150. The van der Waals surface area contributed by atoms with Crippen molar-refractivity contribution in [2.45, 2.75) is 76.7 Å². The highest BCUT2D eigenvalue weighted by molar-refractivity contribution is 6.07. The van der Waals surface area contributed by atoms with Crippen molar-refractivity contribution in [3.8, 4) is 0 Å². The highest BCUT2D eigenvalue weighted by Gasteiger charge is 2.40. The van der Waals surface area contributed by atoms with Crippen LogP contribution in [0.1, 0.15) is 71.1 Å². The Balaban J connectivity index is 3.65. The van der Waals surface area contributed by atoms with Crippen molar-refractivity contribution in [2.24, 2.45) is 5.73 Å². The molecule has 0 saturated carbocycles. The molecular weight excluding hydrogens is 258 g/mol. The fourth-order valence-electron chi connectivity index (χ4n) is 2.09. The van der Waals surface area contributed by atoms with Gasteiger partial charge in [0.15, 0.2) is 11.3 Å². The molecule has 0 aliphatic rings. The van der Waals surface area contributed by atoms with E-state index in [2.05, 4.69) is 6.92 Å². The van der Waals surface area contributed by atoms with Gasteiger partial charge in [-0.1, -0.05) is 58.3 Å². The third kappa shape index (κ3) is 7.01. The molecular formula is C15H29NO4. The van der Waals surface area contributed by atoms with E-state index in [1.807, 2.05) is 0 Å². The summed E-state index contributed by atoms with van der Waals surface area (Å²) < 4.78 is 0. The molecule has 118 valence electrons.